The summed E-state index contributed by atoms with van der Waals surface area (Å²) in [6.07, 6.45) is 1.20. The molecular formula is C16H15Cl2FO. The van der Waals surface area contributed by atoms with Crippen molar-refractivity contribution in [3.05, 3.63) is 69.5 Å². The first-order chi connectivity index (χ1) is 9.60. The Kier molecular flexibility index (Phi) is 5.41. The summed E-state index contributed by atoms with van der Waals surface area (Å²) in [5.41, 5.74) is 1.76. The van der Waals surface area contributed by atoms with Crippen molar-refractivity contribution >= 4 is 23.2 Å². The molecule has 4 heteroatoms. The molecule has 2 rings (SSSR count). The van der Waals surface area contributed by atoms with Crippen LogP contribution in [0.25, 0.3) is 0 Å². The van der Waals surface area contributed by atoms with E-state index in [1.807, 2.05) is 24.3 Å². The van der Waals surface area contributed by atoms with Gasteiger partial charge in [-0.15, -0.1) is 0 Å². The summed E-state index contributed by atoms with van der Waals surface area (Å²) in [4.78, 5) is 0. The number of rotatable bonds is 5. The van der Waals surface area contributed by atoms with Gasteiger partial charge in [0.1, 0.15) is 5.82 Å². The molecular weight excluding hydrogens is 298 g/mol. The highest BCUT2D eigenvalue weighted by molar-refractivity contribution is 6.31. The molecule has 0 amide bonds. The van der Waals surface area contributed by atoms with Gasteiger partial charge in [0.2, 0.25) is 0 Å². The van der Waals surface area contributed by atoms with Crippen LogP contribution >= 0.6 is 23.2 Å². The first-order valence-corrected chi connectivity index (χ1v) is 7.14. The van der Waals surface area contributed by atoms with Crippen molar-refractivity contribution in [1.82, 2.24) is 0 Å². The van der Waals surface area contributed by atoms with Crippen LogP contribution in [0.4, 0.5) is 4.39 Å². The maximum absolute atomic E-state index is 13.4. The third-order valence-electron chi connectivity index (χ3n) is 3.21. The van der Waals surface area contributed by atoms with E-state index < -0.39 is 5.82 Å². The fraction of sp³-hybridized carbons (Fsp3) is 0.250. The number of aliphatic hydroxyl groups excluding tert-OH is 1. The molecule has 0 aliphatic carbocycles. The number of hydrogen-bond donors (Lipinski definition) is 1. The van der Waals surface area contributed by atoms with Crippen LogP contribution < -0.4 is 0 Å². The fourth-order valence-corrected chi connectivity index (χ4v) is 2.63. The van der Waals surface area contributed by atoms with E-state index in [1.165, 1.54) is 6.07 Å². The maximum atomic E-state index is 13.4. The van der Waals surface area contributed by atoms with Gasteiger partial charge in [0, 0.05) is 11.6 Å². The smallest absolute Gasteiger partial charge is 0.142 e. The molecule has 0 bridgehead atoms. The van der Waals surface area contributed by atoms with Crippen molar-refractivity contribution in [3.63, 3.8) is 0 Å². The largest absolute Gasteiger partial charge is 0.396 e. The normalized spacial score (nSPS) is 12.4. The lowest BCUT2D eigenvalue weighted by Crippen LogP contribution is -2.13. The van der Waals surface area contributed by atoms with E-state index in [-0.39, 0.29) is 17.5 Å². The van der Waals surface area contributed by atoms with Crippen LogP contribution in [-0.4, -0.2) is 11.7 Å². The monoisotopic (exact) mass is 312 g/mol. The highest BCUT2D eigenvalue weighted by Crippen LogP contribution is 2.24. The Balaban J connectivity index is 2.11. The lowest BCUT2D eigenvalue weighted by Gasteiger charge is -2.15. The molecule has 0 aliphatic rings. The maximum Gasteiger partial charge on any atom is 0.142 e. The summed E-state index contributed by atoms with van der Waals surface area (Å²) >= 11 is 11.9. The lowest BCUT2D eigenvalue weighted by molar-refractivity contribution is 0.225. The van der Waals surface area contributed by atoms with E-state index in [0.29, 0.717) is 23.4 Å². The highest BCUT2D eigenvalue weighted by Gasteiger charge is 2.14. The standard InChI is InChI=1S/C16H15Cl2FO/c17-14-5-1-3-11(9-14)7-12(10-20)8-13-4-2-6-15(19)16(13)18/h1-6,9,12,20H,7-8,10H2. The molecule has 20 heavy (non-hydrogen) atoms. The molecule has 1 unspecified atom stereocenters. The third kappa shape index (κ3) is 3.95. The molecule has 0 aromatic heterocycles. The van der Waals surface area contributed by atoms with Crippen molar-refractivity contribution in [2.24, 2.45) is 5.92 Å². The summed E-state index contributed by atoms with van der Waals surface area (Å²) in [5, 5.41) is 10.3. The van der Waals surface area contributed by atoms with Crippen LogP contribution in [0.3, 0.4) is 0 Å². The molecule has 2 aromatic carbocycles. The van der Waals surface area contributed by atoms with Crippen LogP contribution in [0.2, 0.25) is 10.0 Å². The Morgan fingerprint density at radius 2 is 1.80 bits per heavy atom. The average molecular weight is 313 g/mol. The van der Waals surface area contributed by atoms with Gasteiger partial charge in [0.05, 0.1) is 5.02 Å². The van der Waals surface area contributed by atoms with Crippen molar-refractivity contribution in [3.8, 4) is 0 Å². The van der Waals surface area contributed by atoms with Crippen LogP contribution in [0.5, 0.6) is 0 Å². The fourth-order valence-electron chi connectivity index (χ4n) is 2.22. The first kappa shape index (κ1) is 15.3. The van der Waals surface area contributed by atoms with Gasteiger partial charge in [-0.25, -0.2) is 4.39 Å². The van der Waals surface area contributed by atoms with Crippen LogP contribution in [0, 0.1) is 11.7 Å². The van der Waals surface area contributed by atoms with E-state index >= 15 is 0 Å². The number of aliphatic hydroxyl groups is 1. The predicted molar refractivity (Wildman–Crippen MR) is 80.8 cm³/mol. The topological polar surface area (TPSA) is 20.2 Å². The third-order valence-corrected chi connectivity index (χ3v) is 3.87. The van der Waals surface area contributed by atoms with Gasteiger partial charge in [-0.2, -0.15) is 0 Å². The van der Waals surface area contributed by atoms with Crippen LogP contribution in [-0.2, 0) is 12.8 Å². The lowest BCUT2D eigenvalue weighted by atomic mass is 9.93. The van der Waals surface area contributed by atoms with Gasteiger partial charge < -0.3 is 5.11 Å². The molecule has 106 valence electrons. The molecule has 0 spiro atoms. The SMILES string of the molecule is OCC(Cc1cccc(Cl)c1)Cc1cccc(F)c1Cl. The molecule has 0 saturated carbocycles. The molecule has 1 nitrogen and oxygen atoms in total. The minimum atomic E-state index is -0.427. The van der Waals surface area contributed by atoms with Gasteiger partial charge in [-0.3, -0.25) is 0 Å². The summed E-state index contributed by atoms with van der Waals surface area (Å²) in [6.45, 7) is 0.0132. The number of benzene rings is 2. The summed E-state index contributed by atoms with van der Waals surface area (Å²) in [7, 11) is 0. The summed E-state index contributed by atoms with van der Waals surface area (Å²) < 4.78 is 13.4. The van der Waals surface area contributed by atoms with E-state index in [9.17, 15) is 9.50 Å². The van der Waals surface area contributed by atoms with Gasteiger partial charge >= 0.3 is 0 Å². The quantitative estimate of drug-likeness (QED) is 0.860. The molecule has 0 heterocycles. The van der Waals surface area contributed by atoms with E-state index in [2.05, 4.69) is 0 Å². The van der Waals surface area contributed by atoms with Crippen molar-refractivity contribution in [2.45, 2.75) is 12.8 Å². The summed E-state index contributed by atoms with van der Waals surface area (Å²) in [6, 6.07) is 12.3. The van der Waals surface area contributed by atoms with Crippen molar-refractivity contribution in [2.75, 3.05) is 6.61 Å². The Bertz CT molecular complexity index is 586. The second-order valence-corrected chi connectivity index (χ2v) is 5.61. The molecule has 0 fully saturated rings. The Labute approximate surface area is 128 Å². The van der Waals surface area contributed by atoms with Gasteiger partial charge in [0.25, 0.3) is 0 Å². The Morgan fingerprint density at radius 1 is 1.05 bits per heavy atom. The molecule has 2 aromatic rings. The Morgan fingerprint density at radius 3 is 2.50 bits per heavy atom. The van der Waals surface area contributed by atoms with E-state index in [0.717, 1.165) is 5.56 Å². The van der Waals surface area contributed by atoms with Crippen molar-refractivity contribution in [1.29, 1.82) is 0 Å². The second-order valence-electron chi connectivity index (χ2n) is 4.80. The highest BCUT2D eigenvalue weighted by atomic mass is 35.5. The molecule has 0 aliphatic heterocycles. The molecule has 1 atom stereocenters. The van der Waals surface area contributed by atoms with Gasteiger partial charge in [-0.05, 0) is 48.1 Å². The van der Waals surface area contributed by atoms with Crippen LogP contribution in [0.15, 0.2) is 42.5 Å². The van der Waals surface area contributed by atoms with Crippen LogP contribution in [0.1, 0.15) is 11.1 Å². The van der Waals surface area contributed by atoms with E-state index in [1.54, 1.807) is 12.1 Å². The van der Waals surface area contributed by atoms with Gasteiger partial charge in [-0.1, -0.05) is 47.5 Å². The summed E-state index contributed by atoms with van der Waals surface area (Å²) in [5.74, 6) is -0.448. The Hall–Kier alpha value is -1.09. The first-order valence-electron chi connectivity index (χ1n) is 6.38. The zero-order chi connectivity index (χ0) is 14.5. The zero-order valence-corrected chi connectivity index (χ0v) is 12.3. The number of halogens is 3. The second kappa shape index (κ2) is 7.07. The predicted octanol–water partition coefficient (Wildman–Crippen LogP) is 4.53. The zero-order valence-electron chi connectivity index (χ0n) is 10.8. The number of hydrogen-bond acceptors (Lipinski definition) is 1. The van der Waals surface area contributed by atoms with Crippen molar-refractivity contribution < 1.29 is 9.50 Å². The van der Waals surface area contributed by atoms with E-state index in [4.69, 9.17) is 23.2 Å². The average Bonchev–Trinajstić information content (AvgIpc) is 2.43. The molecule has 0 saturated heterocycles. The minimum Gasteiger partial charge on any atom is -0.396 e. The molecule has 0 radical (unpaired) electrons. The minimum absolute atomic E-state index is 0.0132. The van der Waals surface area contributed by atoms with Gasteiger partial charge in [0.15, 0.2) is 0 Å². The molecule has 1 N–H and O–H groups in total.